The zero-order valence-electron chi connectivity index (χ0n) is 11.8. The molecule has 0 radical (unpaired) electrons. The third-order valence-corrected chi connectivity index (χ3v) is 3.61. The van der Waals surface area contributed by atoms with Gasteiger partial charge in [-0.15, -0.1) is 6.58 Å². The number of hydroxylamine groups is 2. The maximum absolute atomic E-state index is 10.4. The van der Waals surface area contributed by atoms with E-state index in [4.69, 9.17) is 0 Å². The summed E-state index contributed by atoms with van der Waals surface area (Å²) in [5.41, 5.74) is 2.28. The molecule has 0 heterocycles. The molecular formula is C18H21NO. The molecule has 0 aliphatic carbocycles. The van der Waals surface area contributed by atoms with Gasteiger partial charge in [0.15, 0.2) is 0 Å². The Morgan fingerprint density at radius 1 is 1.05 bits per heavy atom. The zero-order valence-corrected chi connectivity index (χ0v) is 11.8. The van der Waals surface area contributed by atoms with Gasteiger partial charge in [0.25, 0.3) is 0 Å². The topological polar surface area (TPSA) is 23.5 Å². The smallest absolute Gasteiger partial charge is 0.0597 e. The molecule has 2 atom stereocenters. The van der Waals surface area contributed by atoms with Gasteiger partial charge in [-0.3, -0.25) is 0 Å². The zero-order chi connectivity index (χ0) is 14.4. The van der Waals surface area contributed by atoms with Gasteiger partial charge in [0.05, 0.1) is 6.04 Å². The van der Waals surface area contributed by atoms with Crippen LogP contribution >= 0.6 is 0 Å². The number of nitrogens with zero attached hydrogens (tertiary/aromatic N) is 1. The molecule has 0 saturated carbocycles. The van der Waals surface area contributed by atoms with Gasteiger partial charge in [0.2, 0.25) is 0 Å². The monoisotopic (exact) mass is 267 g/mol. The highest BCUT2D eigenvalue weighted by Crippen LogP contribution is 2.24. The van der Waals surface area contributed by atoms with Crippen molar-refractivity contribution < 1.29 is 5.21 Å². The highest BCUT2D eigenvalue weighted by atomic mass is 16.5. The Labute approximate surface area is 120 Å². The van der Waals surface area contributed by atoms with Crippen LogP contribution in [0, 0.1) is 0 Å². The van der Waals surface area contributed by atoms with Crippen LogP contribution in [0.1, 0.15) is 24.0 Å². The first-order valence-corrected chi connectivity index (χ1v) is 6.89. The molecular weight excluding hydrogens is 246 g/mol. The van der Waals surface area contributed by atoms with Gasteiger partial charge < -0.3 is 5.21 Å². The summed E-state index contributed by atoms with van der Waals surface area (Å²) >= 11 is 0. The summed E-state index contributed by atoms with van der Waals surface area (Å²) in [7, 11) is 0. The Morgan fingerprint density at radius 3 is 2.15 bits per heavy atom. The Kier molecular flexibility index (Phi) is 5.10. The van der Waals surface area contributed by atoms with E-state index in [1.165, 1.54) is 10.6 Å². The van der Waals surface area contributed by atoms with E-state index in [0.29, 0.717) is 6.54 Å². The van der Waals surface area contributed by atoms with Gasteiger partial charge in [-0.1, -0.05) is 73.7 Å². The van der Waals surface area contributed by atoms with Crippen molar-refractivity contribution in [2.75, 3.05) is 0 Å². The highest BCUT2D eigenvalue weighted by molar-refractivity contribution is 5.22. The van der Waals surface area contributed by atoms with Gasteiger partial charge >= 0.3 is 0 Å². The Balaban J connectivity index is 2.09. The second-order valence-electron chi connectivity index (χ2n) is 5.01. The summed E-state index contributed by atoms with van der Waals surface area (Å²) in [4.78, 5) is 0. The second kappa shape index (κ2) is 7.04. The number of hydrogen-bond acceptors (Lipinski definition) is 2. The summed E-state index contributed by atoms with van der Waals surface area (Å²) < 4.78 is 0. The van der Waals surface area contributed by atoms with E-state index in [-0.39, 0.29) is 12.0 Å². The lowest BCUT2D eigenvalue weighted by atomic mass is 9.93. The van der Waals surface area contributed by atoms with E-state index in [2.05, 4.69) is 25.6 Å². The summed E-state index contributed by atoms with van der Waals surface area (Å²) in [5, 5.41) is 11.7. The van der Waals surface area contributed by atoms with Gasteiger partial charge in [0, 0.05) is 12.5 Å². The molecule has 0 fully saturated rings. The first kappa shape index (κ1) is 14.5. The molecule has 20 heavy (non-hydrogen) atoms. The standard InChI is InChI=1S/C18H21NO/c1-3-18(15(2)17-12-8-5-9-13-17)19(20)14-16-10-6-4-7-11-16/h3-13,15,18,20H,1,14H2,2H3/t15-,18+/m0/s1. The van der Waals surface area contributed by atoms with Crippen molar-refractivity contribution in [2.24, 2.45) is 0 Å². The molecule has 1 N–H and O–H groups in total. The highest BCUT2D eigenvalue weighted by Gasteiger charge is 2.21. The minimum Gasteiger partial charge on any atom is -0.313 e. The molecule has 0 amide bonds. The van der Waals surface area contributed by atoms with E-state index in [0.717, 1.165) is 5.56 Å². The van der Waals surface area contributed by atoms with Crippen molar-refractivity contribution in [3.8, 4) is 0 Å². The van der Waals surface area contributed by atoms with E-state index in [9.17, 15) is 5.21 Å². The molecule has 0 aliphatic heterocycles. The van der Waals surface area contributed by atoms with Crippen molar-refractivity contribution in [2.45, 2.75) is 25.4 Å². The van der Waals surface area contributed by atoms with Crippen LogP contribution in [0.25, 0.3) is 0 Å². The van der Waals surface area contributed by atoms with Crippen LogP contribution in [0.3, 0.4) is 0 Å². The lowest BCUT2D eigenvalue weighted by Crippen LogP contribution is -2.34. The van der Waals surface area contributed by atoms with Gasteiger partial charge in [0.1, 0.15) is 0 Å². The van der Waals surface area contributed by atoms with Crippen LogP contribution in [0.15, 0.2) is 73.3 Å². The molecule has 104 valence electrons. The fourth-order valence-electron chi connectivity index (χ4n) is 2.41. The molecule has 2 aromatic rings. The van der Waals surface area contributed by atoms with Crippen LogP contribution < -0.4 is 0 Å². The van der Waals surface area contributed by atoms with E-state index in [1.54, 1.807) is 6.08 Å². The molecule has 0 spiro atoms. The maximum Gasteiger partial charge on any atom is 0.0597 e. The normalized spacial score (nSPS) is 13.9. The molecule has 2 aromatic carbocycles. The summed E-state index contributed by atoms with van der Waals surface area (Å²) in [6, 6.07) is 20.0. The predicted octanol–water partition coefficient (Wildman–Crippen LogP) is 4.24. The largest absolute Gasteiger partial charge is 0.313 e. The Hall–Kier alpha value is -1.90. The molecule has 2 heteroatoms. The minimum absolute atomic E-state index is 0.113. The van der Waals surface area contributed by atoms with Crippen molar-refractivity contribution in [3.05, 3.63) is 84.4 Å². The van der Waals surface area contributed by atoms with Crippen LogP contribution in [0.5, 0.6) is 0 Å². The molecule has 2 nitrogen and oxygen atoms in total. The predicted molar refractivity (Wildman–Crippen MR) is 82.6 cm³/mol. The number of benzene rings is 2. The van der Waals surface area contributed by atoms with Gasteiger partial charge in [-0.25, -0.2) is 0 Å². The van der Waals surface area contributed by atoms with Crippen LogP contribution in [-0.2, 0) is 6.54 Å². The molecule has 0 unspecified atom stereocenters. The summed E-state index contributed by atoms with van der Waals surface area (Å²) in [6.07, 6.45) is 1.81. The van der Waals surface area contributed by atoms with Crippen molar-refractivity contribution >= 4 is 0 Å². The molecule has 0 bridgehead atoms. The lowest BCUT2D eigenvalue weighted by Gasteiger charge is -2.29. The van der Waals surface area contributed by atoms with Gasteiger partial charge in [-0.05, 0) is 11.1 Å². The fraction of sp³-hybridized carbons (Fsp3) is 0.222. The summed E-state index contributed by atoms with van der Waals surface area (Å²) in [5.74, 6) is 0.183. The minimum atomic E-state index is -0.113. The average Bonchev–Trinajstić information content (AvgIpc) is 2.49. The third-order valence-electron chi connectivity index (χ3n) is 3.61. The maximum atomic E-state index is 10.4. The molecule has 0 aromatic heterocycles. The SMILES string of the molecule is C=C[C@H]([C@@H](C)c1ccccc1)N(O)Cc1ccccc1. The number of hydrogen-bond donors (Lipinski definition) is 1. The molecule has 2 rings (SSSR count). The fourth-order valence-corrected chi connectivity index (χ4v) is 2.41. The van der Waals surface area contributed by atoms with E-state index < -0.39 is 0 Å². The quantitative estimate of drug-likeness (QED) is 0.625. The molecule has 0 aliphatic rings. The Bertz CT molecular complexity index is 524. The summed E-state index contributed by atoms with van der Waals surface area (Å²) in [6.45, 7) is 6.47. The van der Waals surface area contributed by atoms with Gasteiger partial charge in [-0.2, -0.15) is 5.06 Å². The average molecular weight is 267 g/mol. The first-order chi connectivity index (χ1) is 9.72. The van der Waals surface area contributed by atoms with Crippen molar-refractivity contribution in [3.63, 3.8) is 0 Å². The molecule has 0 saturated heterocycles. The van der Waals surface area contributed by atoms with Crippen molar-refractivity contribution in [1.29, 1.82) is 0 Å². The van der Waals surface area contributed by atoms with E-state index in [1.807, 2.05) is 48.5 Å². The number of rotatable bonds is 6. The second-order valence-corrected chi connectivity index (χ2v) is 5.01. The Morgan fingerprint density at radius 2 is 1.60 bits per heavy atom. The van der Waals surface area contributed by atoms with Crippen LogP contribution in [-0.4, -0.2) is 16.3 Å². The third kappa shape index (κ3) is 3.56. The van der Waals surface area contributed by atoms with Crippen molar-refractivity contribution in [1.82, 2.24) is 5.06 Å². The van der Waals surface area contributed by atoms with E-state index >= 15 is 0 Å². The van der Waals surface area contributed by atoms with Crippen LogP contribution in [0.2, 0.25) is 0 Å². The first-order valence-electron chi connectivity index (χ1n) is 6.89. The lowest BCUT2D eigenvalue weighted by molar-refractivity contribution is -0.126. The van der Waals surface area contributed by atoms with Crippen LogP contribution in [0.4, 0.5) is 0 Å².